The standard InChI is InChI=1S/C17H22N4O2/c22-17(7-4-8-21-14-18-13-19-21)20-9-10-23-16(12-20)11-15-5-2-1-3-6-15/h1-3,5-6,13-14,16H,4,7-12H2. The highest BCUT2D eigenvalue weighted by atomic mass is 16.5. The second-order valence-electron chi connectivity index (χ2n) is 5.78. The Hall–Kier alpha value is -2.21. The first-order valence-electron chi connectivity index (χ1n) is 8.07. The fourth-order valence-electron chi connectivity index (χ4n) is 2.84. The van der Waals surface area contributed by atoms with Gasteiger partial charge in [0.05, 0.1) is 12.7 Å². The fourth-order valence-corrected chi connectivity index (χ4v) is 2.84. The Morgan fingerprint density at radius 3 is 2.96 bits per heavy atom. The average molecular weight is 314 g/mol. The molecule has 1 aromatic heterocycles. The molecule has 1 aromatic carbocycles. The molecule has 0 bridgehead atoms. The van der Waals surface area contributed by atoms with Gasteiger partial charge < -0.3 is 9.64 Å². The maximum Gasteiger partial charge on any atom is 0.222 e. The van der Waals surface area contributed by atoms with Crippen molar-refractivity contribution in [3.63, 3.8) is 0 Å². The maximum absolute atomic E-state index is 12.3. The maximum atomic E-state index is 12.3. The number of aromatic nitrogens is 3. The molecule has 23 heavy (non-hydrogen) atoms. The van der Waals surface area contributed by atoms with E-state index in [-0.39, 0.29) is 12.0 Å². The van der Waals surface area contributed by atoms with E-state index in [4.69, 9.17) is 4.74 Å². The van der Waals surface area contributed by atoms with Gasteiger partial charge in [0.1, 0.15) is 12.7 Å². The number of amides is 1. The molecule has 3 rings (SSSR count). The van der Waals surface area contributed by atoms with E-state index in [2.05, 4.69) is 22.2 Å². The van der Waals surface area contributed by atoms with Gasteiger partial charge in [0.2, 0.25) is 5.91 Å². The van der Waals surface area contributed by atoms with Crippen LogP contribution in [0.3, 0.4) is 0 Å². The van der Waals surface area contributed by atoms with Gasteiger partial charge >= 0.3 is 0 Å². The van der Waals surface area contributed by atoms with Crippen LogP contribution in [0.2, 0.25) is 0 Å². The summed E-state index contributed by atoms with van der Waals surface area (Å²) in [5.41, 5.74) is 1.25. The van der Waals surface area contributed by atoms with Gasteiger partial charge in [-0.2, -0.15) is 5.10 Å². The van der Waals surface area contributed by atoms with Gasteiger partial charge in [0.25, 0.3) is 0 Å². The minimum atomic E-state index is 0.0883. The third-order valence-corrected chi connectivity index (χ3v) is 4.04. The zero-order chi connectivity index (χ0) is 15.9. The molecule has 1 saturated heterocycles. The zero-order valence-electron chi connectivity index (χ0n) is 13.2. The molecule has 1 atom stereocenters. The average Bonchev–Trinajstić information content (AvgIpc) is 3.09. The predicted molar refractivity (Wildman–Crippen MR) is 85.7 cm³/mol. The van der Waals surface area contributed by atoms with Gasteiger partial charge in [-0.3, -0.25) is 9.48 Å². The second kappa shape index (κ2) is 7.87. The van der Waals surface area contributed by atoms with E-state index in [0.717, 1.165) is 19.4 Å². The molecule has 6 heteroatoms. The lowest BCUT2D eigenvalue weighted by atomic mass is 10.1. The van der Waals surface area contributed by atoms with E-state index in [1.165, 1.54) is 11.9 Å². The van der Waals surface area contributed by atoms with Crippen LogP contribution >= 0.6 is 0 Å². The highest BCUT2D eigenvalue weighted by Gasteiger charge is 2.24. The normalized spacial score (nSPS) is 18.1. The molecule has 0 spiro atoms. The summed E-state index contributed by atoms with van der Waals surface area (Å²) in [4.78, 5) is 18.2. The molecular weight excluding hydrogens is 292 g/mol. The number of benzene rings is 1. The van der Waals surface area contributed by atoms with Gasteiger partial charge in [0.15, 0.2) is 0 Å². The molecule has 2 aromatic rings. The lowest BCUT2D eigenvalue weighted by Crippen LogP contribution is -2.46. The number of rotatable bonds is 6. The third-order valence-electron chi connectivity index (χ3n) is 4.04. The summed E-state index contributed by atoms with van der Waals surface area (Å²) in [6.07, 6.45) is 5.45. The van der Waals surface area contributed by atoms with E-state index in [9.17, 15) is 4.79 Å². The first-order chi connectivity index (χ1) is 11.3. The van der Waals surface area contributed by atoms with Crippen molar-refractivity contribution in [3.8, 4) is 0 Å². The van der Waals surface area contributed by atoms with Crippen molar-refractivity contribution in [1.29, 1.82) is 0 Å². The van der Waals surface area contributed by atoms with E-state index < -0.39 is 0 Å². The number of hydrogen-bond acceptors (Lipinski definition) is 4. The van der Waals surface area contributed by atoms with Crippen molar-refractivity contribution in [1.82, 2.24) is 19.7 Å². The van der Waals surface area contributed by atoms with E-state index in [1.54, 1.807) is 11.0 Å². The van der Waals surface area contributed by atoms with Crippen molar-refractivity contribution in [2.75, 3.05) is 19.7 Å². The fraction of sp³-hybridized carbons (Fsp3) is 0.471. The molecule has 1 unspecified atom stereocenters. The van der Waals surface area contributed by atoms with Crippen LogP contribution in [-0.2, 0) is 22.5 Å². The van der Waals surface area contributed by atoms with Crippen molar-refractivity contribution in [3.05, 3.63) is 48.5 Å². The van der Waals surface area contributed by atoms with E-state index in [1.807, 2.05) is 23.1 Å². The molecular formula is C17H22N4O2. The number of nitrogens with zero attached hydrogens (tertiary/aromatic N) is 4. The van der Waals surface area contributed by atoms with Crippen LogP contribution in [0.4, 0.5) is 0 Å². The molecule has 0 radical (unpaired) electrons. The summed E-state index contributed by atoms with van der Waals surface area (Å²) < 4.78 is 7.56. The summed E-state index contributed by atoms with van der Waals surface area (Å²) in [6.45, 7) is 2.71. The highest BCUT2D eigenvalue weighted by molar-refractivity contribution is 5.76. The van der Waals surface area contributed by atoms with Crippen molar-refractivity contribution in [2.24, 2.45) is 0 Å². The molecule has 1 aliphatic rings. The number of hydrogen-bond donors (Lipinski definition) is 0. The summed E-state index contributed by atoms with van der Waals surface area (Å²) in [6, 6.07) is 10.3. The quantitative estimate of drug-likeness (QED) is 0.811. The lowest BCUT2D eigenvalue weighted by Gasteiger charge is -2.33. The SMILES string of the molecule is O=C(CCCn1cncn1)N1CCOC(Cc2ccccc2)C1. The summed E-state index contributed by atoms with van der Waals surface area (Å²) in [7, 11) is 0. The molecule has 1 amide bonds. The van der Waals surface area contributed by atoms with Gasteiger partial charge in [-0.25, -0.2) is 4.98 Å². The number of morpholine rings is 1. The Balaban J connectivity index is 1.44. The number of carbonyl (C=O) groups excluding carboxylic acids is 1. The first-order valence-corrected chi connectivity index (χ1v) is 8.07. The molecule has 1 fully saturated rings. The lowest BCUT2D eigenvalue weighted by molar-refractivity contribution is -0.138. The topological polar surface area (TPSA) is 60.2 Å². The molecule has 0 N–H and O–H groups in total. The minimum Gasteiger partial charge on any atom is -0.374 e. The third kappa shape index (κ3) is 4.63. The Morgan fingerprint density at radius 1 is 1.30 bits per heavy atom. The van der Waals surface area contributed by atoms with Crippen molar-refractivity contribution >= 4 is 5.91 Å². The van der Waals surface area contributed by atoms with Crippen LogP contribution in [0.5, 0.6) is 0 Å². The van der Waals surface area contributed by atoms with Crippen LogP contribution in [-0.4, -0.2) is 51.4 Å². The summed E-state index contributed by atoms with van der Waals surface area (Å²) >= 11 is 0. The molecule has 1 aliphatic heterocycles. The molecule has 6 nitrogen and oxygen atoms in total. The van der Waals surface area contributed by atoms with Crippen LogP contribution < -0.4 is 0 Å². The van der Waals surface area contributed by atoms with Gasteiger partial charge in [-0.15, -0.1) is 0 Å². The number of aryl methyl sites for hydroxylation is 1. The van der Waals surface area contributed by atoms with Gasteiger partial charge in [-0.1, -0.05) is 30.3 Å². The molecule has 122 valence electrons. The Bertz CT molecular complexity index is 600. The van der Waals surface area contributed by atoms with Crippen LogP contribution in [0.15, 0.2) is 43.0 Å². The Labute approximate surface area is 136 Å². The van der Waals surface area contributed by atoms with Crippen LogP contribution in [0, 0.1) is 0 Å². The summed E-state index contributed by atoms with van der Waals surface area (Å²) in [5.74, 6) is 0.200. The smallest absolute Gasteiger partial charge is 0.222 e. The molecule has 2 heterocycles. The summed E-state index contributed by atoms with van der Waals surface area (Å²) in [5, 5.41) is 4.05. The monoisotopic (exact) mass is 314 g/mol. The minimum absolute atomic E-state index is 0.0883. The van der Waals surface area contributed by atoms with Crippen LogP contribution in [0.25, 0.3) is 0 Å². The van der Waals surface area contributed by atoms with E-state index >= 15 is 0 Å². The predicted octanol–water partition coefficient (Wildman–Crippen LogP) is 1.53. The van der Waals surface area contributed by atoms with E-state index in [0.29, 0.717) is 26.1 Å². The van der Waals surface area contributed by atoms with Crippen molar-refractivity contribution in [2.45, 2.75) is 31.9 Å². The number of ether oxygens (including phenoxy) is 1. The Kier molecular flexibility index (Phi) is 5.37. The van der Waals surface area contributed by atoms with Gasteiger partial charge in [-0.05, 0) is 12.0 Å². The van der Waals surface area contributed by atoms with Crippen LogP contribution in [0.1, 0.15) is 18.4 Å². The first kappa shape index (κ1) is 15.7. The van der Waals surface area contributed by atoms with Crippen molar-refractivity contribution < 1.29 is 9.53 Å². The van der Waals surface area contributed by atoms with Gasteiger partial charge in [0, 0.05) is 32.5 Å². The zero-order valence-corrected chi connectivity index (χ0v) is 13.2. The molecule has 0 aliphatic carbocycles. The molecule has 0 saturated carbocycles. The highest BCUT2D eigenvalue weighted by Crippen LogP contribution is 2.13. The largest absolute Gasteiger partial charge is 0.374 e. The number of carbonyl (C=O) groups is 1. The Morgan fingerprint density at radius 2 is 2.17 bits per heavy atom. The second-order valence-corrected chi connectivity index (χ2v) is 5.78.